The van der Waals surface area contributed by atoms with E-state index in [1.165, 1.54) is 0 Å². The number of hydrogen-bond donors (Lipinski definition) is 1. The standard InChI is InChI=1S/C14H20N4O2/c1-17(8-14-16-15-10-18(14)2)13(9-19)11-4-6-12(20-3)7-5-11/h4-7,10,13,19H,8-9H2,1-3H3. The van der Waals surface area contributed by atoms with E-state index in [0.717, 1.165) is 17.1 Å². The quantitative estimate of drug-likeness (QED) is 0.852. The molecule has 1 heterocycles. The largest absolute Gasteiger partial charge is 0.497 e. The van der Waals surface area contributed by atoms with Gasteiger partial charge in [0.25, 0.3) is 0 Å². The van der Waals surface area contributed by atoms with Crippen LogP contribution in [-0.4, -0.2) is 45.5 Å². The molecule has 2 aromatic rings. The first-order valence-corrected chi connectivity index (χ1v) is 6.43. The lowest BCUT2D eigenvalue weighted by atomic mass is 10.1. The van der Waals surface area contributed by atoms with E-state index in [2.05, 4.69) is 10.2 Å². The van der Waals surface area contributed by atoms with Crippen LogP contribution in [-0.2, 0) is 13.6 Å². The van der Waals surface area contributed by atoms with Gasteiger partial charge in [-0.15, -0.1) is 10.2 Å². The van der Waals surface area contributed by atoms with Gasteiger partial charge in [0.1, 0.15) is 17.9 Å². The Balaban J connectivity index is 2.12. The molecule has 0 saturated carbocycles. The van der Waals surface area contributed by atoms with Crippen LogP contribution in [0.4, 0.5) is 0 Å². The maximum atomic E-state index is 9.66. The second-order valence-corrected chi connectivity index (χ2v) is 4.74. The molecule has 108 valence electrons. The summed E-state index contributed by atoms with van der Waals surface area (Å²) in [5, 5.41) is 17.6. The third-order valence-corrected chi connectivity index (χ3v) is 3.40. The fraction of sp³-hybridized carbons (Fsp3) is 0.429. The van der Waals surface area contributed by atoms with Crippen molar-refractivity contribution in [3.05, 3.63) is 42.0 Å². The van der Waals surface area contributed by atoms with Gasteiger partial charge in [0, 0.05) is 7.05 Å². The summed E-state index contributed by atoms with van der Waals surface area (Å²) in [5.41, 5.74) is 1.04. The van der Waals surface area contributed by atoms with Crippen LogP contribution in [0, 0.1) is 0 Å². The molecular weight excluding hydrogens is 256 g/mol. The minimum atomic E-state index is -0.0855. The fourth-order valence-electron chi connectivity index (χ4n) is 2.11. The van der Waals surface area contributed by atoms with E-state index in [1.54, 1.807) is 13.4 Å². The van der Waals surface area contributed by atoms with E-state index in [4.69, 9.17) is 4.74 Å². The van der Waals surface area contributed by atoms with Crippen molar-refractivity contribution in [2.24, 2.45) is 7.05 Å². The van der Waals surface area contributed by atoms with Gasteiger partial charge in [-0.25, -0.2) is 0 Å². The number of aliphatic hydroxyl groups is 1. The summed E-state index contributed by atoms with van der Waals surface area (Å²) in [7, 11) is 5.50. The number of ether oxygens (including phenoxy) is 1. The molecule has 0 radical (unpaired) electrons. The van der Waals surface area contributed by atoms with E-state index >= 15 is 0 Å². The van der Waals surface area contributed by atoms with Gasteiger partial charge < -0.3 is 14.4 Å². The second kappa shape index (κ2) is 6.49. The maximum absolute atomic E-state index is 9.66. The van der Waals surface area contributed by atoms with Crippen molar-refractivity contribution in [2.75, 3.05) is 20.8 Å². The summed E-state index contributed by atoms with van der Waals surface area (Å²) in [6.07, 6.45) is 1.67. The molecular formula is C14H20N4O2. The average Bonchev–Trinajstić information content (AvgIpc) is 2.86. The first kappa shape index (κ1) is 14.5. The average molecular weight is 276 g/mol. The molecule has 0 saturated heterocycles. The first-order valence-electron chi connectivity index (χ1n) is 6.43. The van der Waals surface area contributed by atoms with Crippen LogP contribution in [0.3, 0.4) is 0 Å². The number of benzene rings is 1. The van der Waals surface area contributed by atoms with Gasteiger partial charge in [-0.2, -0.15) is 0 Å². The molecule has 0 aliphatic rings. The zero-order valence-corrected chi connectivity index (χ0v) is 12.0. The molecule has 0 amide bonds. The molecule has 0 aliphatic carbocycles. The number of rotatable bonds is 6. The van der Waals surface area contributed by atoms with E-state index in [1.807, 2.05) is 47.8 Å². The summed E-state index contributed by atoms with van der Waals surface area (Å²) >= 11 is 0. The Kier molecular flexibility index (Phi) is 4.70. The zero-order valence-electron chi connectivity index (χ0n) is 12.0. The van der Waals surface area contributed by atoms with Crippen molar-refractivity contribution in [2.45, 2.75) is 12.6 Å². The van der Waals surface area contributed by atoms with Gasteiger partial charge in [-0.3, -0.25) is 4.90 Å². The Labute approximate surface area is 118 Å². The topological polar surface area (TPSA) is 63.4 Å². The molecule has 0 spiro atoms. The highest BCUT2D eigenvalue weighted by Gasteiger charge is 2.18. The Hall–Kier alpha value is -1.92. The van der Waals surface area contributed by atoms with Gasteiger partial charge in [0.2, 0.25) is 0 Å². The highest BCUT2D eigenvalue weighted by atomic mass is 16.5. The van der Waals surface area contributed by atoms with Crippen molar-refractivity contribution < 1.29 is 9.84 Å². The highest BCUT2D eigenvalue weighted by Crippen LogP contribution is 2.22. The van der Waals surface area contributed by atoms with Gasteiger partial charge >= 0.3 is 0 Å². The Morgan fingerprint density at radius 1 is 1.35 bits per heavy atom. The molecule has 0 bridgehead atoms. The summed E-state index contributed by atoms with van der Waals surface area (Å²) in [5.74, 6) is 1.67. The lowest BCUT2D eigenvalue weighted by Gasteiger charge is -2.26. The number of nitrogens with zero attached hydrogens (tertiary/aromatic N) is 4. The molecule has 1 N–H and O–H groups in total. The Morgan fingerprint density at radius 2 is 2.05 bits per heavy atom. The van der Waals surface area contributed by atoms with E-state index < -0.39 is 0 Å². The van der Waals surface area contributed by atoms with Crippen molar-refractivity contribution in [1.82, 2.24) is 19.7 Å². The Morgan fingerprint density at radius 3 is 2.55 bits per heavy atom. The third-order valence-electron chi connectivity index (χ3n) is 3.40. The van der Waals surface area contributed by atoms with E-state index in [-0.39, 0.29) is 12.6 Å². The molecule has 1 atom stereocenters. The van der Waals surface area contributed by atoms with Crippen molar-refractivity contribution in [1.29, 1.82) is 0 Å². The second-order valence-electron chi connectivity index (χ2n) is 4.74. The van der Waals surface area contributed by atoms with Crippen LogP contribution in [0.25, 0.3) is 0 Å². The van der Waals surface area contributed by atoms with Crippen LogP contribution >= 0.6 is 0 Å². The van der Waals surface area contributed by atoms with Crippen LogP contribution in [0.2, 0.25) is 0 Å². The van der Waals surface area contributed by atoms with Crippen molar-refractivity contribution in [3.63, 3.8) is 0 Å². The summed E-state index contributed by atoms with van der Waals surface area (Å²) in [6.45, 7) is 0.661. The summed E-state index contributed by atoms with van der Waals surface area (Å²) < 4.78 is 7.02. The van der Waals surface area contributed by atoms with Crippen LogP contribution in [0.5, 0.6) is 5.75 Å². The Bertz CT molecular complexity index is 538. The zero-order chi connectivity index (χ0) is 14.5. The predicted octanol–water partition coefficient (Wildman–Crippen LogP) is 0.989. The molecule has 0 fully saturated rings. The molecule has 0 aliphatic heterocycles. The molecule has 20 heavy (non-hydrogen) atoms. The number of methoxy groups -OCH3 is 1. The van der Waals surface area contributed by atoms with Gasteiger partial charge in [-0.1, -0.05) is 12.1 Å². The van der Waals surface area contributed by atoms with Crippen molar-refractivity contribution >= 4 is 0 Å². The molecule has 6 heteroatoms. The third kappa shape index (κ3) is 3.15. The number of aliphatic hydroxyl groups excluding tert-OH is 1. The highest BCUT2D eigenvalue weighted by molar-refractivity contribution is 5.29. The predicted molar refractivity (Wildman–Crippen MR) is 75.3 cm³/mol. The monoisotopic (exact) mass is 276 g/mol. The lowest BCUT2D eigenvalue weighted by molar-refractivity contribution is 0.139. The number of aromatic nitrogens is 3. The number of likely N-dealkylation sites (N-methyl/N-ethyl adjacent to an activating group) is 1. The first-order chi connectivity index (χ1) is 9.65. The molecule has 1 unspecified atom stereocenters. The summed E-state index contributed by atoms with van der Waals surface area (Å²) in [4.78, 5) is 2.05. The molecule has 1 aromatic heterocycles. The fourth-order valence-corrected chi connectivity index (χ4v) is 2.11. The number of hydrogen-bond acceptors (Lipinski definition) is 5. The van der Waals surface area contributed by atoms with Gasteiger partial charge in [0.15, 0.2) is 0 Å². The maximum Gasteiger partial charge on any atom is 0.146 e. The SMILES string of the molecule is COc1ccc(C(CO)N(C)Cc2nncn2C)cc1. The van der Waals surface area contributed by atoms with E-state index in [0.29, 0.717) is 6.54 Å². The minimum absolute atomic E-state index is 0.0423. The van der Waals surface area contributed by atoms with Crippen LogP contribution in [0.1, 0.15) is 17.4 Å². The van der Waals surface area contributed by atoms with Crippen LogP contribution in [0.15, 0.2) is 30.6 Å². The molecule has 6 nitrogen and oxygen atoms in total. The van der Waals surface area contributed by atoms with E-state index in [9.17, 15) is 5.11 Å². The number of aryl methyl sites for hydroxylation is 1. The normalized spacial score (nSPS) is 12.7. The lowest BCUT2D eigenvalue weighted by Crippen LogP contribution is -2.28. The smallest absolute Gasteiger partial charge is 0.146 e. The van der Waals surface area contributed by atoms with Gasteiger partial charge in [-0.05, 0) is 24.7 Å². The van der Waals surface area contributed by atoms with Crippen molar-refractivity contribution in [3.8, 4) is 5.75 Å². The molecule has 2 rings (SSSR count). The summed E-state index contributed by atoms with van der Waals surface area (Å²) in [6, 6.07) is 7.64. The minimum Gasteiger partial charge on any atom is -0.497 e. The van der Waals surface area contributed by atoms with Gasteiger partial charge in [0.05, 0.1) is 26.3 Å². The molecule has 1 aromatic carbocycles. The van der Waals surface area contributed by atoms with Crippen LogP contribution < -0.4 is 4.74 Å².